The maximum Gasteiger partial charge on any atom is 0.235 e. The van der Waals surface area contributed by atoms with Crippen LogP contribution in [0.5, 0.6) is 17.2 Å². The van der Waals surface area contributed by atoms with Gasteiger partial charge in [0.25, 0.3) is 0 Å². The number of pyridine rings is 1. The summed E-state index contributed by atoms with van der Waals surface area (Å²) < 4.78 is 7.52. The number of aryl methyl sites for hydroxylation is 1. The molecule has 4 aromatic rings. The number of rotatable bonds is 3. The van der Waals surface area contributed by atoms with E-state index >= 15 is 0 Å². The normalized spacial score (nSPS) is 14.3. The summed E-state index contributed by atoms with van der Waals surface area (Å²) in [6, 6.07) is 11.9. The van der Waals surface area contributed by atoms with Gasteiger partial charge in [-0.3, -0.25) is 4.79 Å². The fourth-order valence-electron chi connectivity index (χ4n) is 3.90. The van der Waals surface area contributed by atoms with E-state index in [-0.39, 0.29) is 35.2 Å². The van der Waals surface area contributed by atoms with Crippen molar-refractivity contribution >= 4 is 22.9 Å². The number of aliphatic hydroxyl groups is 1. The third kappa shape index (κ3) is 3.03. The molecule has 7 heteroatoms. The minimum absolute atomic E-state index is 0.0298. The molecule has 0 radical (unpaired) electrons. The standard InChI is InChI=1S/C24H18N2O5/c1-26-11-15(8-20-23(30)22-18(29)9-16(28)10-19(22)31-20)21-17(6-7-25-24(21)26)14-4-2-13(12-27)3-5-14/h2-11,27-29H,12H2,1H3. The highest BCUT2D eigenvalue weighted by Crippen LogP contribution is 2.41. The van der Waals surface area contributed by atoms with Gasteiger partial charge < -0.3 is 24.6 Å². The van der Waals surface area contributed by atoms with Crippen LogP contribution in [0.2, 0.25) is 0 Å². The Hall–Kier alpha value is -4.10. The van der Waals surface area contributed by atoms with Crippen molar-refractivity contribution in [3.63, 3.8) is 0 Å². The maximum absolute atomic E-state index is 12.8. The third-order valence-corrected chi connectivity index (χ3v) is 5.36. The van der Waals surface area contributed by atoms with Gasteiger partial charge in [0.15, 0.2) is 5.76 Å². The van der Waals surface area contributed by atoms with E-state index in [4.69, 9.17) is 4.74 Å². The summed E-state index contributed by atoms with van der Waals surface area (Å²) in [6.07, 6.45) is 5.20. The molecule has 0 bridgehead atoms. The Labute approximate surface area is 177 Å². The van der Waals surface area contributed by atoms with Crippen LogP contribution in [0.15, 0.2) is 60.6 Å². The fourth-order valence-corrected chi connectivity index (χ4v) is 3.90. The zero-order valence-electron chi connectivity index (χ0n) is 16.5. The number of fused-ring (bicyclic) bond motifs is 2. The second-order valence-corrected chi connectivity index (χ2v) is 7.39. The zero-order valence-corrected chi connectivity index (χ0v) is 16.5. The van der Waals surface area contributed by atoms with Crippen molar-refractivity contribution in [2.45, 2.75) is 6.61 Å². The number of hydrogen-bond acceptors (Lipinski definition) is 6. The largest absolute Gasteiger partial charge is 0.508 e. The molecule has 31 heavy (non-hydrogen) atoms. The molecule has 0 saturated carbocycles. The van der Waals surface area contributed by atoms with Crippen LogP contribution in [0, 0.1) is 0 Å². The topological polar surface area (TPSA) is 105 Å². The highest BCUT2D eigenvalue weighted by molar-refractivity contribution is 6.17. The number of allylic oxidation sites excluding steroid dienone is 1. The first-order valence-electron chi connectivity index (χ1n) is 9.60. The summed E-state index contributed by atoms with van der Waals surface area (Å²) in [5.74, 6) is -0.802. The van der Waals surface area contributed by atoms with Gasteiger partial charge in [-0.25, -0.2) is 4.98 Å². The van der Waals surface area contributed by atoms with Crippen molar-refractivity contribution in [3.8, 4) is 28.4 Å². The van der Waals surface area contributed by atoms with Crippen LogP contribution in [-0.2, 0) is 13.7 Å². The van der Waals surface area contributed by atoms with Crippen LogP contribution < -0.4 is 4.74 Å². The van der Waals surface area contributed by atoms with Crippen LogP contribution >= 0.6 is 0 Å². The molecule has 5 rings (SSSR count). The van der Waals surface area contributed by atoms with Crippen LogP contribution in [0.25, 0.3) is 28.2 Å². The number of aliphatic hydroxyl groups excluding tert-OH is 1. The Bertz CT molecular complexity index is 1380. The van der Waals surface area contributed by atoms with Gasteiger partial charge in [-0.05, 0) is 28.8 Å². The molecule has 1 aliphatic heterocycles. The van der Waals surface area contributed by atoms with E-state index in [0.29, 0.717) is 0 Å². The van der Waals surface area contributed by atoms with E-state index in [1.165, 1.54) is 6.07 Å². The van der Waals surface area contributed by atoms with Gasteiger partial charge in [0, 0.05) is 42.5 Å². The first-order valence-corrected chi connectivity index (χ1v) is 9.60. The number of aromatic nitrogens is 2. The summed E-state index contributed by atoms with van der Waals surface area (Å²) in [5, 5.41) is 29.9. The van der Waals surface area contributed by atoms with Crippen LogP contribution in [-0.4, -0.2) is 30.7 Å². The Kier molecular flexibility index (Phi) is 4.27. The molecule has 3 N–H and O–H groups in total. The first kappa shape index (κ1) is 18.9. The molecular formula is C24H18N2O5. The van der Waals surface area contributed by atoms with Crippen molar-refractivity contribution in [1.29, 1.82) is 0 Å². The Morgan fingerprint density at radius 1 is 1.13 bits per heavy atom. The average Bonchev–Trinajstić information content (AvgIpc) is 3.25. The van der Waals surface area contributed by atoms with E-state index in [9.17, 15) is 20.1 Å². The molecule has 2 aromatic heterocycles. The van der Waals surface area contributed by atoms with Gasteiger partial charge in [-0.1, -0.05) is 24.3 Å². The Balaban J connectivity index is 1.66. The minimum atomic E-state index is -0.456. The van der Waals surface area contributed by atoms with Crippen molar-refractivity contribution in [2.24, 2.45) is 7.05 Å². The molecule has 154 valence electrons. The molecule has 0 amide bonds. The predicted molar refractivity (Wildman–Crippen MR) is 115 cm³/mol. The summed E-state index contributed by atoms with van der Waals surface area (Å²) in [6.45, 7) is -0.0306. The first-order chi connectivity index (χ1) is 15.0. The highest BCUT2D eigenvalue weighted by atomic mass is 16.5. The summed E-state index contributed by atoms with van der Waals surface area (Å²) in [4.78, 5) is 17.3. The molecule has 0 saturated heterocycles. The van der Waals surface area contributed by atoms with Gasteiger partial charge in [0.2, 0.25) is 5.78 Å². The fraction of sp³-hybridized carbons (Fsp3) is 0.0833. The van der Waals surface area contributed by atoms with E-state index in [1.807, 2.05) is 48.1 Å². The van der Waals surface area contributed by atoms with Gasteiger partial charge in [0.1, 0.15) is 28.5 Å². The lowest BCUT2D eigenvalue weighted by Gasteiger charge is -2.06. The minimum Gasteiger partial charge on any atom is -0.508 e. The van der Waals surface area contributed by atoms with Crippen molar-refractivity contribution < 1.29 is 24.9 Å². The SMILES string of the molecule is Cn1cc(C=C2Oc3cc(O)cc(O)c3C2=O)c2c(-c3ccc(CO)cc3)ccnc21. The zero-order chi connectivity index (χ0) is 21.7. The van der Waals surface area contributed by atoms with Crippen molar-refractivity contribution in [1.82, 2.24) is 9.55 Å². The summed E-state index contributed by atoms with van der Waals surface area (Å²) >= 11 is 0. The van der Waals surface area contributed by atoms with Crippen molar-refractivity contribution in [2.75, 3.05) is 0 Å². The van der Waals surface area contributed by atoms with Gasteiger partial charge >= 0.3 is 0 Å². The van der Waals surface area contributed by atoms with E-state index < -0.39 is 5.78 Å². The lowest BCUT2D eigenvalue weighted by molar-refractivity contribution is 0.101. The number of benzene rings is 2. The number of ether oxygens (including phenoxy) is 1. The lowest BCUT2D eigenvalue weighted by atomic mass is 9.99. The van der Waals surface area contributed by atoms with Crippen LogP contribution in [0.3, 0.4) is 0 Å². The summed E-state index contributed by atoms with van der Waals surface area (Å²) in [7, 11) is 1.87. The van der Waals surface area contributed by atoms with Crippen LogP contribution in [0.1, 0.15) is 21.5 Å². The summed E-state index contributed by atoms with van der Waals surface area (Å²) in [5.41, 5.74) is 4.17. The van der Waals surface area contributed by atoms with E-state index in [2.05, 4.69) is 4.98 Å². The number of phenols is 2. The number of ketones is 1. The van der Waals surface area contributed by atoms with Crippen molar-refractivity contribution in [3.05, 3.63) is 77.3 Å². The lowest BCUT2D eigenvalue weighted by Crippen LogP contribution is -1.98. The number of carbonyl (C=O) groups is 1. The molecular weight excluding hydrogens is 396 g/mol. The molecule has 7 nitrogen and oxygen atoms in total. The average molecular weight is 414 g/mol. The number of Topliss-reactive ketones (excluding diaryl/α,β-unsaturated/α-hetero) is 1. The van der Waals surface area contributed by atoms with Crippen LogP contribution in [0.4, 0.5) is 0 Å². The predicted octanol–water partition coefficient (Wildman–Crippen LogP) is 3.76. The molecule has 0 spiro atoms. The number of nitrogens with zero attached hydrogens (tertiary/aromatic N) is 2. The smallest absolute Gasteiger partial charge is 0.235 e. The Morgan fingerprint density at radius 3 is 2.65 bits per heavy atom. The monoisotopic (exact) mass is 414 g/mol. The highest BCUT2D eigenvalue weighted by Gasteiger charge is 2.31. The van der Waals surface area contributed by atoms with Gasteiger partial charge in [-0.2, -0.15) is 0 Å². The van der Waals surface area contributed by atoms with E-state index in [0.717, 1.165) is 39.4 Å². The van der Waals surface area contributed by atoms with Gasteiger partial charge in [-0.15, -0.1) is 0 Å². The molecule has 3 heterocycles. The molecule has 0 aliphatic carbocycles. The van der Waals surface area contributed by atoms with E-state index in [1.54, 1.807) is 12.3 Å². The second kappa shape index (κ2) is 7.00. The van der Waals surface area contributed by atoms with Gasteiger partial charge in [0.05, 0.1) is 6.61 Å². The molecule has 1 aliphatic rings. The molecule has 0 atom stereocenters. The third-order valence-electron chi connectivity index (χ3n) is 5.36. The molecule has 0 fully saturated rings. The Morgan fingerprint density at radius 2 is 1.90 bits per heavy atom. The quantitative estimate of drug-likeness (QED) is 0.441. The number of phenolic OH excluding ortho intramolecular Hbond substituents is 2. The molecule has 0 unspecified atom stereocenters. The number of hydrogen-bond donors (Lipinski definition) is 3. The molecule has 2 aromatic carbocycles. The number of carbonyl (C=O) groups excluding carboxylic acids is 1. The second-order valence-electron chi connectivity index (χ2n) is 7.39. The number of aromatic hydroxyl groups is 2. The maximum atomic E-state index is 12.8.